The molecule has 1 aliphatic rings. The minimum atomic E-state index is -0.106. The van der Waals surface area contributed by atoms with E-state index >= 15 is 0 Å². The van der Waals surface area contributed by atoms with Crippen LogP contribution in [-0.2, 0) is 18.4 Å². The predicted molar refractivity (Wildman–Crippen MR) is 59.0 cm³/mol. The van der Waals surface area contributed by atoms with Crippen molar-refractivity contribution in [2.24, 2.45) is 0 Å². The fourth-order valence-electron chi connectivity index (χ4n) is 1.72. The first kappa shape index (κ1) is 10.4. The van der Waals surface area contributed by atoms with Crippen molar-refractivity contribution in [2.45, 2.75) is 39.2 Å². The molecular formula is C11H17N3O. The molecule has 0 spiro atoms. The quantitative estimate of drug-likeness (QED) is 0.659. The van der Waals surface area contributed by atoms with Crippen LogP contribution in [0.25, 0.3) is 0 Å². The smallest absolute Gasteiger partial charge is 0.254 e. The Hall–Kier alpha value is -1.16. The highest BCUT2D eigenvalue weighted by molar-refractivity contribution is 5.22. The van der Waals surface area contributed by atoms with Gasteiger partial charge in [-0.25, -0.2) is 4.98 Å². The molecule has 0 atom stereocenters. The van der Waals surface area contributed by atoms with Crippen molar-refractivity contribution in [2.75, 3.05) is 6.54 Å². The van der Waals surface area contributed by atoms with E-state index in [0.29, 0.717) is 6.54 Å². The molecule has 0 aromatic carbocycles. The summed E-state index contributed by atoms with van der Waals surface area (Å²) in [6.07, 6.45) is 0.780. The molecule has 0 saturated carbocycles. The Morgan fingerprint density at radius 3 is 2.73 bits per heavy atom. The Morgan fingerprint density at radius 2 is 2.07 bits per heavy atom. The van der Waals surface area contributed by atoms with Gasteiger partial charge in [-0.1, -0.05) is 20.8 Å². The van der Waals surface area contributed by atoms with Gasteiger partial charge in [0.1, 0.15) is 5.82 Å². The summed E-state index contributed by atoms with van der Waals surface area (Å²) >= 11 is 0. The molecule has 0 bridgehead atoms. The van der Waals surface area contributed by atoms with E-state index in [1.807, 2.05) is 20.8 Å². The summed E-state index contributed by atoms with van der Waals surface area (Å²) in [5.74, 6) is 0.773. The molecule has 0 fully saturated rings. The van der Waals surface area contributed by atoms with Gasteiger partial charge in [0.15, 0.2) is 0 Å². The maximum absolute atomic E-state index is 11.8. The van der Waals surface area contributed by atoms with Gasteiger partial charge in [0.2, 0.25) is 0 Å². The second kappa shape index (κ2) is 3.45. The number of nitrogens with one attached hydrogen (secondary N) is 2. The van der Waals surface area contributed by atoms with E-state index < -0.39 is 0 Å². The topological polar surface area (TPSA) is 57.8 Å². The Bertz CT molecular complexity index is 428. The molecule has 15 heavy (non-hydrogen) atoms. The monoisotopic (exact) mass is 207 g/mol. The van der Waals surface area contributed by atoms with Crippen molar-refractivity contribution in [1.29, 1.82) is 0 Å². The molecule has 1 aromatic heterocycles. The lowest BCUT2D eigenvalue weighted by atomic mass is 9.95. The Balaban J connectivity index is 2.55. The van der Waals surface area contributed by atoms with Crippen molar-refractivity contribution < 1.29 is 0 Å². The zero-order valence-electron chi connectivity index (χ0n) is 9.48. The molecule has 0 unspecified atom stereocenters. The minimum absolute atomic E-state index is 0.0337. The second-order valence-electron chi connectivity index (χ2n) is 5.02. The van der Waals surface area contributed by atoms with Crippen LogP contribution in [0.3, 0.4) is 0 Å². The lowest BCUT2D eigenvalue weighted by Gasteiger charge is -2.21. The van der Waals surface area contributed by atoms with Gasteiger partial charge in [0.25, 0.3) is 5.56 Å². The molecule has 4 heteroatoms. The fraction of sp³-hybridized carbons (Fsp3) is 0.636. The Kier molecular flexibility index (Phi) is 2.38. The molecule has 2 N–H and O–H groups in total. The average molecular weight is 207 g/mol. The largest absolute Gasteiger partial charge is 0.311 e. The van der Waals surface area contributed by atoms with E-state index in [1.165, 1.54) is 0 Å². The third-order valence-corrected chi connectivity index (χ3v) is 2.66. The van der Waals surface area contributed by atoms with Crippen molar-refractivity contribution >= 4 is 0 Å². The maximum atomic E-state index is 11.8. The van der Waals surface area contributed by atoms with Gasteiger partial charge in [-0.2, -0.15) is 0 Å². The third-order valence-electron chi connectivity index (χ3n) is 2.66. The minimum Gasteiger partial charge on any atom is -0.311 e. The molecule has 0 aliphatic carbocycles. The highest BCUT2D eigenvalue weighted by Crippen LogP contribution is 2.18. The first-order valence-corrected chi connectivity index (χ1v) is 5.32. The summed E-state index contributed by atoms with van der Waals surface area (Å²) in [5, 5.41) is 3.23. The molecule has 0 saturated heterocycles. The van der Waals surface area contributed by atoms with Crippen molar-refractivity contribution in [3.63, 3.8) is 0 Å². The highest BCUT2D eigenvalue weighted by Gasteiger charge is 2.21. The summed E-state index contributed by atoms with van der Waals surface area (Å²) in [5.41, 5.74) is 1.69. The zero-order valence-corrected chi connectivity index (χ0v) is 9.48. The van der Waals surface area contributed by atoms with Gasteiger partial charge in [0, 0.05) is 17.5 Å². The number of H-pyrrole nitrogens is 1. The van der Waals surface area contributed by atoms with Crippen LogP contribution in [0.5, 0.6) is 0 Å². The van der Waals surface area contributed by atoms with E-state index in [4.69, 9.17) is 0 Å². The zero-order chi connectivity index (χ0) is 11.1. The van der Waals surface area contributed by atoms with E-state index in [-0.39, 0.29) is 11.0 Å². The number of aromatic amines is 1. The molecule has 0 radical (unpaired) electrons. The molecule has 2 rings (SSSR count). The summed E-state index contributed by atoms with van der Waals surface area (Å²) in [6.45, 7) is 7.73. The van der Waals surface area contributed by atoms with Crippen LogP contribution in [0.15, 0.2) is 4.79 Å². The molecule has 1 aliphatic heterocycles. The summed E-state index contributed by atoms with van der Waals surface area (Å²) in [7, 11) is 0. The maximum Gasteiger partial charge on any atom is 0.254 e. The number of hydrogen-bond acceptors (Lipinski definition) is 3. The SMILES string of the molecule is CC(C)(C)c1nc2c(c(=O)[nH]1)CCNC2. The van der Waals surface area contributed by atoms with Gasteiger partial charge in [-0.15, -0.1) is 0 Å². The predicted octanol–water partition coefficient (Wildman–Crippen LogP) is 0.713. The fourth-order valence-corrected chi connectivity index (χ4v) is 1.72. The highest BCUT2D eigenvalue weighted by atomic mass is 16.1. The first-order valence-electron chi connectivity index (χ1n) is 5.32. The van der Waals surface area contributed by atoms with Gasteiger partial charge in [-0.3, -0.25) is 4.79 Å². The second-order valence-corrected chi connectivity index (χ2v) is 5.02. The molecule has 0 amide bonds. The third kappa shape index (κ3) is 1.95. The normalized spacial score (nSPS) is 16.2. The van der Waals surface area contributed by atoms with Crippen LogP contribution in [0, 0.1) is 0 Å². The first-order chi connectivity index (χ1) is 6.98. The average Bonchev–Trinajstić information content (AvgIpc) is 2.16. The summed E-state index contributed by atoms with van der Waals surface area (Å²) in [4.78, 5) is 19.2. The van der Waals surface area contributed by atoms with Gasteiger partial charge in [-0.05, 0) is 13.0 Å². The Morgan fingerprint density at radius 1 is 1.33 bits per heavy atom. The van der Waals surface area contributed by atoms with Gasteiger partial charge < -0.3 is 10.3 Å². The van der Waals surface area contributed by atoms with Crippen LogP contribution in [-0.4, -0.2) is 16.5 Å². The van der Waals surface area contributed by atoms with Crippen LogP contribution < -0.4 is 10.9 Å². The number of aromatic nitrogens is 2. The van der Waals surface area contributed by atoms with Crippen LogP contribution in [0.2, 0.25) is 0 Å². The van der Waals surface area contributed by atoms with Gasteiger partial charge in [0.05, 0.1) is 5.69 Å². The number of fused-ring (bicyclic) bond motifs is 1. The van der Waals surface area contributed by atoms with Crippen LogP contribution in [0.1, 0.15) is 37.9 Å². The van der Waals surface area contributed by atoms with E-state index in [2.05, 4.69) is 15.3 Å². The molecule has 4 nitrogen and oxygen atoms in total. The number of rotatable bonds is 0. The number of nitrogens with zero attached hydrogens (tertiary/aromatic N) is 1. The van der Waals surface area contributed by atoms with E-state index in [9.17, 15) is 4.79 Å². The molecule has 1 aromatic rings. The van der Waals surface area contributed by atoms with Crippen molar-refractivity contribution in [1.82, 2.24) is 15.3 Å². The molecular weight excluding hydrogens is 190 g/mol. The van der Waals surface area contributed by atoms with Crippen molar-refractivity contribution in [3.8, 4) is 0 Å². The standard InChI is InChI=1S/C11H17N3O/c1-11(2,3)10-13-8-6-12-5-4-7(8)9(15)14-10/h12H,4-6H2,1-3H3,(H,13,14,15). The number of hydrogen-bond donors (Lipinski definition) is 2. The van der Waals surface area contributed by atoms with Crippen molar-refractivity contribution in [3.05, 3.63) is 27.4 Å². The van der Waals surface area contributed by atoms with Gasteiger partial charge >= 0.3 is 0 Å². The molecule has 82 valence electrons. The Labute approximate surface area is 89.1 Å². The molecule has 2 heterocycles. The van der Waals surface area contributed by atoms with Crippen LogP contribution in [0.4, 0.5) is 0 Å². The van der Waals surface area contributed by atoms with E-state index in [0.717, 1.165) is 30.0 Å². The lowest BCUT2D eigenvalue weighted by molar-refractivity contribution is 0.524. The van der Waals surface area contributed by atoms with Crippen LogP contribution >= 0.6 is 0 Å². The lowest BCUT2D eigenvalue weighted by Crippen LogP contribution is -2.34. The summed E-state index contributed by atoms with van der Waals surface area (Å²) < 4.78 is 0. The summed E-state index contributed by atoms with van der Waals surface area (Å²) in [6, 6.07) is 0. The van der Waals surface area contributed by atoms with E-state index in [1.54, 1.807) is 0 Å².